The van der Waals surface area contributed by atoms with Crippen molar-refractivity contribution < 1.29 is 4.79 Å². The number of carbonyl (C=O) groups is 1. The topological polar surface area (TPSA) is 45.2 Å². The van der Waals surface area contributed by atoms with Crippen molar-refractivity contribution in [1.29, 1.82) is 0 Å². The Morgan fingerprint density at radius 2 is 2.11 bits per heavy atom. The highest BCUT2D eigenvalue weighted by molar-refractivity contribution is 7.23. The van der Waals surface area contributed by atoms with E-state index in [1.165, 1.54) is 15.1 Å². The van der Waals surface area contributed by atoms with Crippen LogP contribution in [0.1, 0.15) is 15.3 Å². The number of nitrogens with one attached hydrogen (secondary N) is 1. The summed E-state index contributed by atoms with van der Waals surface area (Å²) in [4.78, 5) is 22.3. The molecule has 1 aliphatic rings. The molecule has 0 unspecified atom stereocenters. The quantitative estimate of drug-likeness (QED) is 0.485. The van der Waals surface area contributed by atoms with Crippen molar-refractivity contribution in [2.75, 3.05) is 18.9 Å². The molecule has 0 radical (unpaired) electrons. The SMILES string of the molecule is CN1CCc2c(sc(NC(=O)Cc3cccs3)c2-c2nc3ccccc3s2)C1. The molecule has 4 nitrogen and oxygen atoms in total. The van der Waals surface area contributed by atoms with E-state index in [9.17, 15) is 4.79 Å². The highest BCUT2D eigenvalue weighted by Crippen LogP contribution is 2.45. The minimum atomic E-state index is 0.0387. The van der Waals surface area contributed by atoms with E-state index in [-0.39, 0.29) is 5.91 Å². The molecule has 1 aromatic carbocycles. The summed E-state index contributed by atoms with van der Waals surface area (Å²) in [6.07, 6.45) is 1.41. The molecule has 1 amide bonds. The number of para-hydroxylation sites is 1. The van der Waals surface area contributed by atoms with Crippen LogP contribution >= 0.6 is 34.0 Å². The van der Waals surface area contributed by atoms with Crippen LogP contribution in [0.2, 0.25) is 0 Å². The van der Waals surface area contributed by atoms with Crippen LogP contribution in [0.15, 0.2) is 41.8 Å². The van der Waals surface area contributed by atoms with Crippen molar-refractivity contribution in [1.82, 2.24) is 9.88 Å². The van der Waals surface area contributed by atoms with Gasteiger partial charge in [0.05, 0.1) is 16.6 Å². The van der Waals surface area contributed by atoms with Crippen molar-refractivity contribution in [2.24, 2.45) is 0 Å². The predicted molar refractivity (Wildman–Crippen MR) is 120 cm³/mol. The van der Waals surface area contributed by atoms with Gasteiger partial charge in [0.15, 0.2) is 0 Å². The van der Waals surface area contributed by atoms with Crippen LogP contribution in [-0.4, -0.2) is 29.4 Å². The minimum Gasteiger partial charge on any atom is -0.317 e. The summed E-state index contributed by atoms with van der Waals surface area (Å²) in [7, 11) is 2.15. The van der Waals surface area contributed by atoms with Crippen LogP contribution in [0.3, 0.4) is 0 Å². The highest BCUT2D eigenvalue weighted by atomic mass is 32.1. The summed E-state index contributed by atoms with van der Waals surface area (Å²) in [5.74, 6) is 0.0387. The van der Waals surface area contributed by atoms with E-state index in [0.717, 1.165) is 45.5 Å². The van der Waals surface area contributed by atoms with Gasteiger partial charge in [0.1, 0.15) is 10.0 Å². The van der Waals surface area contributed by atoms with Gasteiger partial charge < -0.3 is 10.2 Å². The van der Waals surface area contributed by atoms with Crippen molar-refractivity contribution >= 4 is 55.1 Å². The lowest BCUT2D eigenvalue weighted by Gasteiger charge is -2.22. The molecule has 0 fully saturated rings. The molecule has 0 atom stereocenters. The van der Waals surface area contributed by atoms with Gasteiger partial charge >= 0.3 is 0 Å². The van der Waals surface area contributed by atoms with Gasteiger partial charge in [-0.2, -0.15) is 0 Å². The zero-order valence-electron chi connectivity index (χ0n) is 15.4. The zero-order chi connectivity index (χ0) is 19.1. The lowest BCUT2D eigenvalue weighted by atomic mass is 10.0. The van der Waals surface area contributed by atoms with E-state index < -0.39 is 0 Å². The Hall–Kier alpha value is -2.06. The number of hydrogen-bond donors (Lipinski definition) is 1. The molecule has 4 aromatic rings. The molecule has 0 bridgehead atoms. The van der Waals surface area contributed by atoms with E-state index in [2.05, 4.69) is 29.4 Å². The summed E-state index contributed by atoms with van der Waals surface area (Å²) in [5.41, 5.74) is 3.51. The number of thiophene rings is 2. The number of carbonyl (C=O) groups excluding carboxylic acids is 1. The second kappa shape index (κ2) is 7.40. The number of rotatable bonds is 4. The number of fused-ring (bicyclic) bond motifs is 2. The van der Waals surface area contributed by atoms with Crippen LogP contribution < -0.4 is 5.32 Å². The number of anilines is 1. The van der Waals surface area contributed by atoms with E-state index in [4.69, 9.17) is 4.98 Å². The van der Waals surface area contributed by atoms with Crippen molar-refractivity contribution in [3.05, 3.63) is 57.1 Å². The molecule has 28 heavy (non-hydrogen) atoms. The second-order valence-corrected chi connectivity index (χ2v) is 10.2. The Balaban J connectivity index is 1.55. The van der Waals surface area contributed by atoms with Crippen LogP contribution in [-0.2, 0) is 24.2 Å². The number of aromatic nitrogens is 1. The van der Waals surface area contributed by atoms with Gasteiger partial charge in [0, 0.05) is 28.4 Å². The Morgan fingerprint density at radius 1 is 1.21 bits per heavy atom. The maximum absolute atomic E-state index is 12.7. The van der Waals surface area contributed by atoms with Crippen LogP contribution in [0, 0.1) is 0 Å². The molecule has 142 valence electrons. The highest BCUT2D eigenvalue weighted by Gasteiger charge is 2.26. The maximum atomic E-state index is 12.7. The average Bonchev–Trinajstić information content (AvgIpc) is 3.38. The number of likely N-dealkylation sites (N-methyl/N-ethyl adjacent to an activating group) is 1. The predicted octanol–water partition coefficient (Wildman–Crippen LogP) is 5.26. The van der Waals surface area contributed by atoms with Crippen LogP contribution in [0.4, 0.5) is 5.00 Å². The van der Waals surface area contributed by atoms with Crippen molar-refractivity contribution in [2.45, 2.75) is 19.4 Å². The van der Waals surface area contributed by atoms with Gasteiger partial charge in [-0.3, -0.25) is 4.79 Å². The summed E-state index contributed by atoms with van der Waals surface area (Å²) >= 11 is 5.03. The Morgan fingerprint density at radius 3 is 2.93 bits per heavy atom. The number of thiazole rings is 1. The molecule has 3 aromatic heterocycles. The lowest BCUT2D eigenvalue weighted by molar-refractivity contribution is -0.115. The van der Waals surface area contributed by atoms with Gasteiger partial charge in [0.25, 0.3) is 0 Å². The molecular formula is C21H19N3OS3. The van der Waals surface area contributed by atoms with E-state index in [1.54, 1.807) is 34.0 Å². The molecular weight excluding hydrogens is 406 g/mol. The third-order valence-electron chi connectivity index (χ3n) is 4.92. The Labute approximate surface area is 175 Å². The smallest absolute Gasteiger partial charge is 0.230 e. The monoisotopic (exact) mass is 425 g/mol. The van der Waals surface area contributed by atoms with E-state index in [1.807, 2.05) is 29.6 Å². The van der Waals surface area contributed by atoms with E-state index >= 15 is 0 Å². The fourth-order valence-electron chi connectivity index (χ4n) is 3.57. The maximum Gasteiger partial charge on any atom is 0.230 e. The molecule has 1 N–H and O–H groups in total. The first-order chi connectivity index (χ1) is 13.7. The second-order valence-electron chi connectivity index (χ2n) is 6.99. The summed E-state index contributed by atoms with van der Waals surface area (Å²) < 4.78 is 1.18. The Bertz CT molecular complexity index is 1110. The number of hydrogen-bond acceptors (Lipinski definition) is 6. The number of nitrogens with zero attached hydrogens (tertiary/aromatic N) is 2. The summed E-state index contributed by atoms with van der Waals surface area (Å²) in [6.45, 7) is 1.96. The molecule has 0 saturated carbocycles. The van der Waals surface area contributed by atoms with Crippen LogP contribution in [0.25, 0.3) is 20.8 Å². The molecule has 0 aliphatic carbocycles. The van der Waals surface area contributed by atoms with E-state index in [0.29, 0.717) is 6.42 Å². The molecule has 0 spiro atoms. The third-order valence-corrected chi connectivity index (χ3v) is 7.99. The molecule has 4 heterocycles. The van der Waals surface area contributed by atoms with Crippen LogP contribution in [0.5, 0.6) is 0 Å². The average molecular weight is 426 g/mol. The standard InChI is InChI=1S/C21H19N3OS3/c1-24-9-8-14-17(12-24)28-21(23-18(25)11-13-5-4-10-26-13)19(14)20-22-15-6-2-3-7-16(15)27-20/h2-7,10H,8-9,11-12H2,1H3,(H,23,25). The largest absolute Gasteiger partial charge is 0.317 e. The zero-order valence-corrected chi connectivity index (χ0v) is 17.8. The Kier molecular flexibility index (Phi) is 4.76. The van der Waals surface area contributed by atoms with Gasteiger partial charge in [-0.25, -0.2) is 4.98 Å². The lowest BCUT2D eigenvalue weighted by Crippen LogP contribution is -2.25. The first-order valence-electron chi connectivity index (χ1n) is 9.18. The molecule has 5 rings (SSSR count). The first-order valence-corrected chi connectivity index (χ1v) is 11.7. The van der Waals surface area contributed by atoms with Gasteiger partial charge in [-0.1, -0.05) is 18.2 Å². The molecule has 1 aliphatic heterocycles. The summed E-state index contributed by atoms with van der Waals surface area (Å²) in [6, 6.07) is 12.2. The normalized spacial score (nSPS) is 14.3. The van der Waals surface area contributed by atoms with Gasteiger partial charge in [-0.15, -0.1) is 34.0 Å². The van der Waals surface area contributed by atoms with Gasteiger partial charge in [-0.05, 0) is 42.6 Å². The summed E-state index contributed by atoms with van der Waals surface area (Å²) in [5, 5.41) is 7.16. The first kappa shape index (κ1) is 18.0. The molecule has 7 heteroatoms. The van der Waals surface area contributed by atoms with Gasteiger partial charge in [0.2, 0.25) is 5.91 Å². The van der Waals surface area contributed by atoms with Crippen molar-refractivity contribution in [3.63, 3.8) is 0 Å². The molecule has 0 saturated heterocycles. The fourth-order valence-corrected chi connectivity index (χ4v) is 6.72. The third kappa shape index (κ3) is 3.39. The fraction of sp³-hybridized carbons (Fsp3) is 0.238. The number of benzene rings is 1. The number of amides is 1. The van der Waals surface area contributed by atoms with Crippen molar-refractivity contribution in [3.8, 4) is 10.6 Å². The minimum absolute atomic E-state index is 0.0387.